The van der Waals surface area contributed by atoms with E-state index in [1.54, 1.807) is 22.3 Å². The minimum atomic E-state index is -1.90. The molecule has 4 aliphatic rings. The van der Waals surface area contributed by atoms with E-state index in [1.807, 2.05) is 0 Å². The van der Waals surface area contributed by atoms with E-state index in [0.29, 0.717) is 25.2 Å². The molecule has 0 aromatic heterocycles. The molecule has 1 aromatic rings. The predicted octanol–water partition coefficient (Wildman–Crippen LogP) is 0.998. The van der Waals surface area contributed by atoms with Gasteiger partial charge in [-0.1, -0.05) is 0 Å². The topological polar surface area (TPSA) is 0 Å². The van der Waals surface area contributed by atoms with Crippen LogP contribution in [0.15, 0.2) is 126 Å². The number of benzene rings is 1. The first-order valence-corrected chi connectivity index (χ1v) is 20.0. The molecule has 0 nitrogen and oxygen atoms in total. The zero-order valence-electron chi connectivity index (χ0n) is 19.2. The smallest absolute Gasteiger partial charge is 1.00 e. The van der Waals surface area contributed by atoms with Crippen molar-refractivity contribution < 1.29 is 45.2 Å². The Morgan fingerprint density at radius 2 is 1.15 bits per heavy atom. The van der Waals surface area contributed by atoms with E-state index < -0.39 is 20.4 Å². The van der Waals surface area contributed by atoms with Crippen LogP contribution in [0, 0.1) is 11.8 Å². The molecule has 1 aromatic carbocycles. The zero-order chi connectivity index (χ0) is 21.2. The molecule has 5 rings (SSSR count). The molecule has 0 amide bonds. The number of hydrogen-bond donors (Lipinski definition) is 0. The monoisotopic (exact) mass is 566 g/mol. The normalized spacial score (nSPS) is 26.1. The molecular formula is C29H30Cl2SiZr. The Hall–Kier alpha value is -1.18. The number of rotatable bonds is 4. The van der Waals surface area contributed by atoms with Crippen LogP contribution in [0.3, 0.4) is 0 Å². The average Bonchev–Trinajstić information content (AvgIpc) is 3.29. The molecule has 4 atom stereocenters. The molecule has 0 aliphatic heterocycles. The first-order chi connectivity index (χ1) is 15.2. The Kier molecular flexibility index (Phi) is 9.60. The van der Waals surface area contributed by atoms with Crippen LogP contribution >= 0.6 is 0 Å². The Labute approximate surface area is 220 Å². The molecule has 0 heterocycles. The molecule has 4 aliphatic carbocycles. The first-order valence-electron chi connectivity index (χ1n) is 11.5. The van der Waals surface area contributed by atoms with Gasteiger partial charge in [-0.2, -0.15) is 0 Å². The summed E-state index contributed by atoms with van der Waals surface area (Å²) in [5.41, 5.74) is 7.93. The maximum Gasteiger partial charge on any atom is -1.00 e. The van der Waals surface area contributed by atoms with Crippen LogP contribution in [0.4, 0.5) is 0 Å². The van der Waals surface area contributed by atoms with Crippen LogP contribution in [0.2, 0.25) is 7.25 Å². The third-order valence-corrected chi connectivity index (χ3v) is 23.3. The summed E-state index contributed by atoms with van der Waals surface area (Å²) in [6.45, 7) is 4.70. The molecule has 0 fully saturated rings. The molecule has 33 heavy (non-hydrogen) atoms. The summed E-state index contributed by atoms with van der Waals surface area (Å²) in [4.78, 5) is 0. The third-order valence-electron chi connectivity index (χ3n) is 6.96. The summed E-state index contributed by atoms with van der Waals surface area (Å²) in [5, 5.41) is 0. The molecular weight excluding hydrogens is 539 g/mol. The van der Waals surface area contributed by atoms with Gasteiger partial charge in [-0.25, -0.2) is 0 Å². The van der Waals surface area contributed by atoms with Crippen LogP contribution in [0.5, 0.6) is 0 Å². The Morgan fingerprint density at radius 1 is 0.636 bits per heavy atom. The van der Waals surface area contributed by atoms with Gasteiger partial charge in [0.2, 0.25) is 0 Å². The molecule has 0 saturated carbocycles. The van der Waals surface area contributed by atoms with Gasteiger partial charge < -0.3 is 24.8 Å². The SMILES string of the molecule is CC1C=CC=CC2=C1C=C[CH]2[Zr+2](=[SiH]Cc1ccccc1)[CH]1C=CC2=C1C=CC=CC2C.[Cl-].[Cl-]. The van der Waals surface area contributed by atoms with E-state index in [1.165, 1.54) is 11.6 Å². The van der Waals surface area contributed by atoms with Crippen LogP contribution in [-0.2, 0) is 26.4 Å². The second-order valence-electron chi connectivity index (χ2n) is 8.95. The summed E-state index contributed by atoms with van der Waals surface area (Å²) in [5.74, 6) is 1.05. The van der Waals surface area contributed by atoms with Gasteiger partial charge in [0.25, 0.3) is 0 Å². The fraction of sp³-hybridized carbons (Fsp3) is 0.241. The fourth-order valence-corrected chi connectivity index (χ4v) is 22.7. The zero-order valence-corrected chi connectivity index (χ0v) is 24.3. The molecule has 4 unspecified atom stereocenters. The van der Waals surface area contributed by atoms with E-state index >= 15 is 0 Å². The van der Waals surface area contributed by atoms with Crippen LogP contribution in [0.25, 0.3) is 0 Å². The molecule has 0 N–H and O–H groups in total. The van der Waals surface area contributed by atoms with Crippen LogP contribution < -0.4 is 24.8 Å². The Morgan fingerprint density at radius 3 is 1.67 bits per heavy atom. The Bertz CT molecular complexity index is 1080. The van der Waals surface area contributed by atoms with Gasteiger partial charge in [-0.05, 0) is 0 Å². The van der Waals surface area contributed by atoms with Gasteiger partial charge >= 0.3 is 197 Å². The summed E-state index contributed by atoms with van der Waals surface area (Å²) in [7, 11) is 0. The average molecular weight is 569 g/mol. The van der Waals surface area contributed by atoms with Gasteiger partial charge in [0.15, 0.2) is 0 Å². The van der Waals surface area contributed by atoms with Gasteiger partial charge in [0.05, 0.1) is 0 Å². The summed E-state index contributed by atoms with van der Waals surface area (Å²) in [6, 6.07) is 12.5. The van der Waals surface area contributed by atoms with Gasteiger partial charge in [-0.3, -0.25) is 0 Å². The van der Waals surface area contributed by atoms with E-state index in [0.717, 1.165) is 0 Å². The predicted molar refractivity (Wildman–Crippen MR) is 132 cm³/mol. The van der Waals surface area contributed by atoms with Crippen LogP contribution in [-0.4, -0.2) is 6.16 Å². The molecule has 0 saturated heterocycles. The van der Waals surface area contributed by atoms with Gasteiger partial charge in [-0.15, -0.1) is 0 Å². The van der Waals surface area contributed by atoms with Crippen molar-refractivity contribution in [1.29, 1.82) is 0 Å². The molecule has 0 bridgehead atoms. The Balaban J connectivity index is 0.00000153. The third kappa shape index (κ3) is 5.57. The first kappa shape index (κ1) is 26.4. The van der Waals surface area contributed by atoms with Gasteiger partial charge in [0, 0.05) is 0 Å². The van der Waals surface area contributed by atoms with Crippen molar-refractivity contribution in [3.63, 3.8) is 0 Å². The van der Waals surface area contributed by atoms with E-state index in [9.17, 15) is 0 Å². The summed E-state index contributed by atoms with van der Waals surface area (Å²) >= 11 is -1.90. The van der Waals surface area contributed by atoms with Crippen molar-refractivity contribution in [2.24, 2.45) is 11.8 Å². The van der Waals surface area contributed by atoms with E-state index in [4.69, 9.17) is 0 Å². The summed E-state index contributed by atoms with van der Waals surface area (Å²) in [6.07, 6.45) is 29.2. The summed E-state index contributed by atoms with van der Waals surface area (Å²) < 4.78 is 1.41. The van der Waals surface area contributed by atoms with Crippen molar-refractivity contribution in [3.8, 4) is 0 Å². The van der Waals surface area contributed by atoms with Crippen molar-refractivity contribution in [2.45, 2.75) is 27.1 Å². The number of hydrogen-bond acceptors (Lipinski definition) is 0. The van der Waals surface area contributed by atoms with Crippen molar-refractivity contribution in [1.82, 2.24) is 0 Å². The second-order valence-corrected chi connectivity index (χ2v) is 22.2. The largest absolute Gasteiger partial charge is 1.00 e. The minimum Gasteiger partial charge on any atom is -1.00 e. The molecule has 4 heteroatoms. The number of halogens is 2. The minimum absolute atomic E-state index is 0. The van der Waals surface area contributed by atoms with Gasteiger partial charge in [0.1, 0.15) is 0 Å². The van der Waals surface area contributed by atoms with E-state index in [2.05, 4.69) is 117 Å². The fourth-order valence-electron chi connectivity index (χ4n) is 5.25. The maximum absolute atomic E-state index is 2.60. The van der Waals surface area contributed by atoms with E-state index in [-0.39, 0.29) is 24.8 Å². The van der Waals surface area contributed by atoms with Crippen LogP contribution in [0.1, 0.15) is 19.4 Å². The van der Waals surface area contributed by atoms with Crippen molar-refractivity contribution >= 4 is 6.16 Å². The second kappa shape index (κ2) is 12.0. The van der Waals surface area contributed by atoms with Crippen molar-refractivity contribution in [2.75, 3.05) is 0 Å². The number of allylic oxidation sites excluding steroid dienone is 16. The standard InChI is InChI=1S/2C11H11.C7H8Si.2ClH.Zr/c2*1-9-5-2-3-6-10-7-4-8-11(9)10;8-6-7-4-2-1-3-5-7;;;/h2*2-9H,1H3;1-5,8H,6H2;2*1H;/q;;;;;+2/p-2. The molecule has 0 radical (unpaired) electrons. The van der Waals surface area contributed by atoms with Crippen molar-refractivity contribution in [3.05, 3.63) is 131 Å². The quantitative estimate of drug-likeness (QED) is 0.476. The maximum atomic E-state index is 2.60. The molecule has 168 valence electrons. The molecule has 0 spiro atoms.